The molecule has 2 fully saturated rings. The number of hydrogen-bond acceptors (Lipinski definition) is 4. The van der Waals surface area contributed by atoms with Crippen molar-refractivity contribution in [2.45, 2.75) is 32.2 Å². The Morgan fingerprint density at radius 3 is 2.75 bits per heavy atom. The van der Waals surface area contributed by atoms with E-state index in [1.807, 2.05) is 0 Å². The Labute approximate surface area is 164 Å². The highest BCUT2D eigenvalue weighted by Crippen LogP contribution is 2.18. The van der Waals surface area contributed by atoms with Gasteiger partial charge in [0, 0.05) is 38.7 Å². The van der Waals surface area contributed by atoms with E-state index >= 15 is 0 Å². The van der Waals surface area contributed by atoms with Crippen molar-refractivity contribution >= 4 is 29.9 Å². The predicted octanol–water partition coefficient (Wildman–Crippen LogP) is 1.65. The first kappa shape index (κ1) is 21.9. The molecule has 2 aliphatic rings. The molecule has 0 radical (unpaired) electrons. The zero-order valence-corrected chi connectivity index (χ0v) is 17.8. The lowest BCUT2D eigenvalue weighted by atomic mass is 10.1. The van der Waals surface area contributed by atoms with Crippen LogP contribution in [0, 0.1) is 5.92 Å². The number of nitrogens with one attached hydrogen (secondary N) is 1. The number of methoxy groups -OCH3 is 1. The number of hydrogen-bond donors (Lipinski definition) is 1. The Bertz CT molecular complexity index is 370. The Morgan fingerprint density at radius 2 is 2.08 bits per heavy atom. The Morgan fingerprint density at radius 1 is 1.25 bits per heavy atom. The first-order valence-corrected chi connectivity index (χ1v) is 9.04. The maximum atomic E-state index is 5.68. The van der Waals surface area contributed by atoms with Gasteiger partial charge in [0.15, 0.2) is 5.96 Å². The highest BCUT2D eigenvalue weighted by Gasteiger charge is 2.26. The van der Waals surface area contributed by atoms with Crippen molar-refractivity contribution in [3.63, 3.8) is 0 Å². The predicted molar refractivity (Wildman–Crippen MR) is 109 cm³/mol. The molecule has 2 heterocycles. The minimum atomic E-state index is 0. The second-order valence-electron chi connectivity index (χ2n) is 6.64. The van der Waals surface area contributed by atoms with E-state index in [-0.39, 0.29) is 24.0 Å². The average molecular weight is 454 g/mol. The highest BCUT2D eigenvalue weighted by atomic mass is 127. The van der Waals surface area contributed by atoms with E-state index < -0.39 is 0 Å². The van der Waals surface area contributed by atoms with Crippen molar-refractivity contribution < 1.29 is 9.47 Å². The van der Waals surface area contributed by atoms with Crippen molar-refractivity contribution in [3.8, 4) is 0 Å². The number of ether oxygens (including phenoxy) is 2. The van der Waals surface area contributed by atoms with Gasteiger partial charge in [0.25, 0.3) is 0 Å². The van der Waals surface area contributed by atoms with Crippen LogP contribution in [-0.2, 0) is 9.47 Å². The van der Waals surface area contributed by atoms with E-state index in [0.29, 0.717) is 25.2 Å². The van der Waals surface area contributed by atoms with Crippen molar-refractivity contribution in [1.29, 1.82) is 0 Å². The van der Waals surface area contributed by atoms with Crippen LogP contribution in [0.2, 0.25) is 0 Å². The van der Waals surface area contributed by atoms with Crippen LogP contribution in [0.4, 0.5) is 0 Å². The Balaban J connectivity index is 0.00000288. The van der Waals surface area contributed by atoms with Gasteiger partial charge >= 0.3 is 0 Å². The molecule has 7 heteroatoms. The Hall–Kier alpha value is -0.120. The van der Waals surface area contributed by atoms with Crippen molar-refractivity contribution in [3.05, 3.63) is 0 Å². The SMILES string of the molecule is CCNC(=NCC1CCCN1C)N1CCC(COCCOC)C1.I. The molecule has 2 atom stereocenters. The third-order valence-electron chi connectivity index (χ3n) is 4.83. The molecule has 0 amide bonds. The number of nitrogens with zero attached hydrogens (tertiary/aromatic N) is 3. The largest absolute Gasteiger partial charge is 0.382 e. The summed E-state index contributed by atoms with van der Waals surface area (Å²) in [5.41, 5.74) is 0. The molecule has 0 spiro atoms. The van der Waals surface area contributed by atoms with E-state index in [9.17, 15) is 0 Å². The van der Waals surface area contributed by atoms with E-state index in [1.165, 1.54) is 25.8 Å². The number of halogens is 1. The molecule has 2 aliphatic heterocycles. The van der Waals surface area contributed by atoms with Gasteiger partial charge in [-0.3, -0.25) is 4.99 Å². The normalized spacial score (nSPS) is 25.1. The fourth-order valence-electron chi connectivity index (χ4n) is 3.38. The molecule has 0 aromatic heterocycles. The molecule has 2 saturated heterocycles. The molecule has 2 unspecified atom stereocenters. The van der Waals surface area contributed by atoms with E-state index in [1.54, 1.807) is 7.11 Å². The van der Waals surface area contributed by atoms with Gasteiger partial charge in [-0.2, -0.15) is 0 Å². The topological polar surface area (TPSA) is 49.3 Å². The summed E-state index contributed by atoms with van der Waals surface area (Å²) in [6.07, 6.45) is 3.76. The van der Waals surface area contributed by atoms with Crippen LogP contribution >= 0.6 is 24.0 Å². The third-order valence-corrected chi connectivity index (χ3v) is 4.83. The fourth-order valence-corrected chi connectivity index (χ4v) is 3.38. The maximum absolute atomic E-state index is 5.68. The number of guanidine groups is 1. The van der Waals surface area contributed by atoms with E-state index in [2.05, 4.69) is 29.1 Å². The zero-order valence-electron chi connectivity index (χ0n) is 15.5. The lowest BCUT2D eigenvalue weighted by Gasteiger charge is -2.23. The average Bonchev–Trinajstić information content (AvgIpc) is 3.17. The van der Waals surface area contributed by atoms with E-state index in [0.717, 1.165) is 38.7 Å². The summed E-state index contributed by atoms with van der Waals surface area (Å²) in [5.74, 6) is 1.68. The van der Waals surface area contributed by atoms with Crippen LogP contribution in [0.3, 0.4) is 0 Å². The van der Waals surface area contributed by atoms with Gasteiger partial charge in [0.05, 0.1) is 26.4 Å². The first-order chi connectivity index (χ1) is 11.2. The van der Waals surface area contributed by atoms with Gasteiger partial charge in [-0.25, -0.2) is 0 Å². The zero-order chi connectivity index (χ0) is 16.5. The van der Waals surface area contributed by atoms with Gasteiger partial charge in [0.1, 0.15) is 0 Å². The summed E-state index contributed by atoms with van der Waals surface area (Å²) in [5, 5.41) is 3.46. The van der Waals surface area contributed by atoms with Crippen LogP contribution in [0.5, 0.6) is 0 Å². The molecule has 0 aromatic rings. The monoisotopic (exact) mass is 454 g/mol. The second kappa shape index (κ2) is 12.3. The molecule has 0 aromatic carbocycles. The minimum Gasteiger partial charge on any atom is -0.382 e. The summed E-state index contributed by atoms with van der Waals surface area (Å²) >= 11 is 0. The summed E-state index contributed by atoms with van der Waals surface area (Å²) in [6, 6.07) is 0.611. The number of rotatable bonds is 8. The van der Waals surface area contributed by atoms with Crippen molar-refractivity contribution in [2.24, 2.45) is 10.9 Å². The van der Waals surface area contributed by atoms with Crippen LogP contribution in [0.1, 0.15) is 26.2 Å². The van der Waals surface area contributed by atoms with Crippen molar-refractivity contribution in [1.82, 2.24) is 15.1 Å². The van der Waals surface area contributed by atoms with Gasteiger partial charge < -0.3 is 24.6 Å². The molecule has 0 bridgehead atoms. The summed E-state index contributed by atoms with van der Waals surface area (Å²) < 4.78 is 10.7. The lowest BCUT2D eigenvalue weighted by Crippen LogP contribution is -2.41. The molecule has 1 N–H and O–H groups in total. The number of aliphatic imine (C=N–C) groups is 1. The second-order valence-corrected chi connectivity index (χ2v) is 6.64. The van der Waals surface area contributed by atoms with Crippen molar-refractivity contribution in [2.75, 3.05) is 66.7 Å². The lowest BCUT2D eigenvalue weighted by molar-refractivity contribution is 0.0536. The molecular weight excluding hydrogens is 419 g/mol. The molecule has 24 heavy (non-hydrogen) atoms. The van der Waals surface area contributed by atoms with Crippen LogP contribution < -0.4 is 5.32 Å². The van der Waals surface area contributed by atoms with Gasteiger partial charge in [0.2, 0.25) is 0 Å². The molecular formula is C17H35IN4O2. The molecule has 2 rings (SSSR count). The van der Waals surface area contributed by atoms with Gasteiger partial charge in [-0.15, -0.1) is 24.0 Å². The first-order valence-electron chi connectivity index (χ1n) is 9.04. The van der Waals surface area contributed by atoms with Crippen LogP contribution in [-0.4, -0.2) is 88.5 Å². The summed E-state index contributed by atoms with van der Waals surface area (Å²) in [6.45, 7) is 9.48. The number of likely N-dealkylation sites (tertiary alicyclic amines) is 2. The quantitative estimate of drug-likeness (QED) is 0.262. The maximum Gasteiger partial charge on any atom is 0.193 e. The van der Waals surface area contributed by atoms with Gasteiger partial charge in [-0.05, 0) is 39.8 Å². The minimum absolute atomic E-state index is 0. The van der Waals surface area contributed by atoms with E-state index in [4.69, 9.17) is 14.5 Å². The molecule has 0 aliphatic carbocycles. The molecule has 142 valence electrons. The molecule has 0 saturated carbocycles. The third kappa shape index (κ3) is 7.01. The smallest absolute Gasteiger partial charge is 0.193 e. The summed E-state index contributed by atoms with van der Waals surface area (Å²) in [7, 11) is 3.92. The van der Waals surface area contributed by atoms with Crippen LogP contribution in [0.25, 0.3) is 0 Å². The molecule has 6 nitrogen and oxygen atoms in total. The van der Waals surface area contributed by atoms with Crippen LogP contribution in [0.15, 0.2) is 4.99 Å². The summed E-state index contributed by atoms with van der Waals surface area (Å²) in [4.78, 5) is 9.73. The fraction of sp³-hybridized carbons (Fsp3) is 0.941. The highest BCUT2D eigenvalue weighted by molar-refractivity contribution is 14.0. The Kier molecular flexibility index (Phi) is 11.2. The standard InChI is InChI=1S/C17H34N4O2.HI/c1-4-18-17(19-12-16-6-5-8-20(16)2)21-9-7-15(13-21)14-23-11-10-22-3;/h15-16H,4-14H2,1-3H3,(H,18,19);1H. The number of likely N-dealkylation sites (N-methyl/N-ethyl adjacent to an activating group) is 1. The van der Waals surface area contributed by atoms with Gasteiger partial charge in [-0.1, -0.05) is 0 Å².